The lowest BCUT2D eigenvalue weighted by Crippen LogP contribution is -2.52. The molecule has 1 N–H and O–H groups in total. The smallest absolute Gasteiger partial charge is 0.341 e. The van der Waals surface area contributed by atoms with E-state index >= 15 is 0 Å². The van der Waals surface area contributed by atoms with Crippen LogP contribution in [0.3, 0.4) is 0 Å². The van der Waals surface area contributed by atoms with Crippen LogP contribution in [0.2, 0.25) is 0 Å². The highest BCUT2D eigenvalue weighted by atomic mass is 16.5. The molecule has 0 unspecified atom stereocenters. The fourth-order valence-corrected chi connectivity index (χ4v) is 2.85. The maximum atomic E-state index is 12.4. The minimum absolute atomic E-state index is 0.257. The van der Waals surface area contributed by atoms with Crippen LogP contribution in [0.1, 0.15) is 49.4 Å². The Morgan fingerprint density at radius 3 is 2.54 bits per heavy atom. The maximum Gasteiger partial charge on any atom is 0.341 e. The highest BCUT2D eigenvalue weighted by Crippen LogP contribution is 2.28. The predicted molar refractivity (Wildman–Crippen MR) is 87.4 cm³/mol. The lowest BCUT2D eigenvalue weighted by atomic mass is 9.83. The molecule has 6 heteroatoms. The molecule has 24 heavy (non-hydrogen) atoms. The second-order valence-electron chi connectivity index (χ2n) is 5.99. The summed E-state index contributed by atoms with van der Waals surface area (Å²) in [5.74, 6) is -0.612. The van der Waals surface area contributed by atoms with Crippen LogP contribution in [0.25, 0.3) is 0 Å². The number of carbonyl (C=O) groups is 2. The van der Waals surface area contributed by atoms with Gasteiger partial charge in [-0.25, -0.2) is 4.79 Å². The van der Waals surface area contributed by atoms with E-state index in [-0.39, 0.29) is 17.2 Å². The molecule has 1 amide bonds. The van der Waals surface area contributed by atoms with Gasteiger partial charge in [0.25, 0.3) is 5.91 Å². The molecule has 1 aromatic rings. The molecule has 0 saturated heterocycles. The van der Waals surface area contributed by atoms with Gasteiger partial charge in [0.2, 0.25) is 0 Å². The van der Waals surface area contributed by atoms with Crippen molar-refractivity contribution in [2.45, 2.75) is 50.7 Å². The van der Waals surface area contributed by atoms with Crippen molar-refractivity contribution in [3.05, 3.63) is 29.8 Å². The number of nitrogens with zero attached hydrogens (tertiary/aromatic N) is 1. The van der Waals surface area contributed by atoms with E-state index in [1.54, 1.807) is 31.2 Å². The molecule has 1 aromatic carbocycles. The third-order valence-corrected chi connectivity index (χ3v) is 4.25. The number of ether oxygens (including phenoxy) is 2. The van der Waals surface area contributed by atoms with E-state index in [1.165, 1.54) is 7.11 Å². The zero-order valence-corrected chi connectivity index (χ0v) is 14.0. The van der Waals surface area contributed by atoms with E-state index in [4.69, 9.17) is 9.47 Å². The van der Waals surface area contributed by atoms with Crippen LogP contribution in [-0.2, 0) is 9.53 Å². The Bertz CT molecular complexity index is 645. The zero-order chi connectivity index (χ0) is 17.6. The summed E-state index contributed by atoms with van der Waals surface area (Å²) in [6, 6.07) is 8.83. The van der Waals surface area contributed by atoms with Gasteiger partial charge in [0, 0.05) is 0 Å². The molecule has 0 radical (unpaired) electrons. The maximum absolute atomic E-state index is 12.4. The summed E-state index contributed by atoms with van der Waals surface area (Å²) in [5, 5.41) is 12.3. The number of methoxy groups -OCH3 is 1. The number of nitrogens with one attached hydrogen (secondary N) is 1. The van der Waals surface area contributed by atoms with Gasteiger partial charge in [0.1, 0.15) is 16.9 Å². The normalized spacial score (nSPS) is 17.2. The van der Waals surface area contributed by atoms with Crippen LogP contribution >= 0.6 is 0 Å². The van der Waals surface area contributed by atoms with Gasteiger partial charge in [-0.05, 0) is 31.9 Å². The number of esters is 1. The number of para-hydroxylation sites is 1. The molecule has 0 spiro atoms. The van der Waals surface area contributed by atoms with Crippen molar-refractivity contribution in [3.8, 4) is 11.8 Å². The molecule has 128 valence electrons. The molecule has 0 heterocycles. The van der Waals surface area contributed by atoms with Crippen LogP contribution in [0.4, 0.5) is 0 Å². The largest absolute Gasteiger partial charge is 0.480 e. The van der Waals surface area contributed by atoms with Gasteiger partial charge in [-0.3, -0.25) is 4.79 Å². The average Bonchev–Trinajstić information content (AvgIpc) is 2.62. The first-order chi connectivity index (χ1) is 11.5. The standard InChI is InChI=1S/C18H22N2O4/c1-13(16(21)20-18(12-19)10-6-3-7-11-18)24-15-9-5-4-8-14(15)17(22)23-2/h4-5,8-9,13H,3,6-7,10-11H2,1-2H3,(H,20,21)/t13-/m1/s1. The SMILES string of the molecule is COC(=O)c1ccccc1O[C@H](C)C(=O)NC1(C#N)CCCCC1. The highest BCUT2D eigenvalue weighted by molar-refractivity contribution is 5.92. The Hall–Kier alpha value is -2.55. The predicted octanol–water partition coefficient (Wildman–Crippen LogP) is 2.58. The van der Waals surface area contributed by atoms with E-state index in [1.807, 2.05) is 0 Å². The van der Waals surface area contributed by atoms with E-state index < -0.39 is 17.6 Å². The molecule has 0 aliphatic heterocycles. The molecular formula is C18H22N2O4. The molecule has 1 aliphatic carbocycles. The summed E-state index contributed by atoms with van der Waals surface area (Å²) in [6.45, 7) is 1.59. The summed E-state index contributed by atoms with van der Waals surface area (Å²) in [7, 11) is 1.29. The highest BCUT2D eigenvalue weighted by Gasteiger charge is 2.35. The van der Waals surface area contributed by atoms with Gasteiger partial charge >= 0.3 is 5.97 Å². The number of nitriles is 1. The summed E-state index contributed by atoms with van der Waals surface area (Å²) in [4.78, 5) is 24.2. The number of hydrogen-bond donors (Lipinski definition) is 1. The number of carbonyl (C=O) groups excluding carboxylic acids is 2. The van der Waals surface area contributed by atoms with Crippen molar-refractivity contribution in [1.82, 2.24) is 5.32 Å². The number of benzene rings is 1. The van der Waals surface area contributed by atoms with Crippen molar-refractivity contribution in [2.75, 3.05) is 7.11 Å². The molecule has 0 bridgehead atoms. The fourth-order valence-electron chi connectivity index (χ4n) is 2.85. The van der Waals surface area contributed by atoms with Gasteiger partial charge in [-0.2, -0.15) is 5.26 Å². The van der Waals surface area contributed by atoms with Gasteiger partial charge < -0.3 is 14.8 Å². The molecular weight excluding hydrogens is 308 g/mol. The topological polar surface area (TPSA) is 88.4 Å². The number of rotatable bonds is 5. The summed E-state index contributed by atoms with van der Waals surface area (Å²) in [6.07, 6.45) is 3.41. The number of hydrogen-bond acceptors (Lipinski definition) is 5. The molecule has 1 saturated carbocycles. The minimum Gasteiger partial charge on any atom is -0.480 e. The molecule has 6 nitrogen and oxygen atoms in total. The zero-order valence-electron chi connectivity index (χ0n) is 14.0. The summed E-state index contributed by atoms with van der Waals surface area (Å²) >= 11 is 0. The summed E-state index contributed by atoms with van der Waals surface area (Å²) in [5.41, 5.74) is -0.554. The Morgan fingerprint density at radius 2 is 1.92 bits per heavy atom. The lowest BCUT2D eigenvalue weighted by molar-refractivity contribution is -0.129. The minimum atomic E-state index is -0.831. The first kappa shape index (κ1) is 17.8. The van der Waals surface area contributed by atoms with Gasteiger partial charge in [-0.15, -0.1) is 0 Å². The second-order valence-corrected chi connectivity index (χ2v) is 5.99. The van der Waals surface area contributed by atoms with Crippen LogP contribution in [0.5, 0.6) is 5.75 Å². The van der Waals surface area contributed by atoms with Crippen molar-refractivity contribution < 1.29 is 19.1 Å². The van der Waals surface area contributed by atoms with Crippen LogP contribution in [0, 0.1) is 11.3 Å². The van der Waals surface area contributed by atoms with Crippen molar-refractivity contribution in [2.24, 2.45) is 0 Å². The molecule has 1 fully saturated rings. The Balaban J connectivity index is 2.07. The Labute approximate surface area is 141 Å². The first-order valence-electron chi connectivity index (χ1n) is 8.08. The number of amides is 1. The molecule has 0 aromatic heterocycles. The fraction of sp³-hybridized carbons (Fsp3) is 0.500. The van der Waals surface area contributed by atoms with Gasteiger partial charge in [-0.1, -0.05) is 31.4 Å². The lowest BCUT2D eigenvalue weighted by Gasteiger charge is -2.32. The third-order valence-electron chi connectivity index (χ3n) is 4.25. The molecule has 1 aliphatic rings. The van der Waals surface area contributed by atoms with Crippen LogP contribution in [0.15, 0.2) is 24.3 Å². The Morgan fingerprint density at radius 1 is 1.25 bits per heavy atom. The second kappa shape index (κ2) is 7.82. The van der Waals surface area contributed by atoms with Gasteiger partial charge in [0.15, 0.2) is 6.10 Å². The van der Waals surface area contributed by atoms with Gasteiger partial charge in [0.05, 0.1) is 13.2 Å². The monoisotopic (exact) mass is 330 g/mol. The Kier molecular flexibility index (Phi) is 5.80. The molecule has 2 rings (SSSR count). The summed E-state index contributed by atoms with van der Waals surface area (Å²) < 4.78 is 10.4. The first-order valence-corrected chi connectivity index (χ1v) is 8.08. The van der Waals surface area contributed by atoms with Crippen molar-refractivity contribution >= 4 is 11.9 Å². The van der Waals surface area contributed by atoms with Crippen LogP contribution < -0.4 is 10.1 Å². The van der Waals surface area contributed by atoms with E-state index in [9.17, 15) is 14.9 Å². The van der Waals surface area contributed by atoms with E-state index in [0.717, 1.165) is 19.3 Å². The average molecular weight is 330 g/mol. The van der Waals surface area contributed by atoms with Crippen LogP contribution in [-0.4, -0.2) is 30.6 Å². The quantitative estimate of drug-likeness (QED) is 0.838. The van der Waals surface area contributed by atoms with E-state index in [0.29, 0.717) is 12.8 Å². The van der Waals surface area contributed by atoms with E-state index in [2.05, 4.69) is 11.4 Å². The van der Waals surface area contributed by atoms with Crippen molar-refractivity contribution in [3.63, 3.8) is 0 Å². The molecule has 1 atom stereocenters. The third kappa shape index (κ3) is 4.05. The van der Waals surface area contributed by atoms with Crippen molar-refractivity contribution in [1.29, 1.82) is 5.26 Å².